The van der Waals surface area contributed by atoms with Gasteiger partial charge in [-0.1, -0.05) is 18.2 Å². The third-order valence-electron chi connectivity index (χ3n) is 3.17. The highest BCUT2D eigenvalue weighted by molar-refractivity contribution is 6.05. The van der Waals surface area contributed by atoms with Crippen LogP contribution in [-0.2, 0) is 0 Å². The number of benzene rings is 1. The average molecular weight is 255 g/mol. The molecule has 98 valence electrons. The molecule has 1 N–H and O–H groups in total. The second-order valence-electron chi connectivity index (χ2n) is 4.87. The molecule has 0 saturated carbocycles. The topological polar surface area (TPSA) is 41.3 Å². The highest BCUT2D eigenvalue weighted by Crippen LogP contribution is 2.30. The Bertz CT molecular complexity index is 703. The predicted molar refractivity (Wildman–Crippen MR) is 78.6 cm³/mol. The van der Waals surface area contributed by atoms with Gasteiger partial charge in [-0.05, 0) is 26.2 Å². The van der Waals surface area contributed by atoms with E-state index in [1.807, 2.05) is 24.3 Å². The standard InChI is InChI=1S/C15H17N3O/c1-18(2)9-8-16-14-11-5-3-4-6-13(11)17-15-12(14)7-10-19-15/h3-7,10H,8-9H2,1-2H3,(H,16,17). The monoisotopic (exact) mass is 255 g/mol. The Morgan fingerprint density at radius 2 is 2.00 bits per heavy atom. The number of nitrogens with one attached hydrogen (secondary N) is 1. The SMILES string of the molecule is CN(C)CCNc1c2ccccc2nc2occc12. The second kappa shape index (κ2) is 4.90. The number of fused-ring (bicyclic) bond motifs is 2. The van der Waals surface area contributed by atoms with E-state index in [2.05, 4.69) is 35.4 Å². The summed E-state index contributed by atoms with van der Waals surface area (Å²) >= 11 is 0. The number of rotatable bonds is 4. The van der Waals surface area contributed by atoms with Crippen molar-refractivity contribution in [3.05, 3.63) is 36.6 Å². The molecule has 3 rings (SSSR count). The Kier molecular flexibility index (Phi) is 3.09. The number of nitrogens with zero attached hydrogens (tertiary/aromatic N) is 2. The Morgan fingerprint density at radius 3 is 2.84 bits per heavy atom. The van der Waals surface area contributed by atoms with Crippen LogP contribution in [0.25, 0.3) is 22.0 Å². The minimum atomic E-state index is 0.686. The minimum Gasteiger partial charge on any atom is -0.446 e. The van der Waals surface area contributed by atoms with Crippen molar-refractivity contribution < 1.29 is 4.42 Å². The first-order valence-corrected chi connectivity index (χ1v) is 6.40. The molecule has 4 heteroatoms. The predicted octanol–water partition coefficient (Wildman–Crippen LogP) is 2.95. The van der Waals surface area contributed by atoms with E-state index >= 15 is 0 Å². The molecular formula is C15H17N3O. The number of furan rings is 1. The third-order valence-corrected chi connectivity index (χ3v) is 3.17. The number of para-hydroxylation sites is 1. The lowest BCUT2D eigenvalue weighted by atomic mass is 10.1. The molecule has 0 aliphatic carbocycles. The number of pyridine rings is 1. The van der Waals surface area contributed by atoms with Crippen molar-refractivity contribution in [2.24, 2.45) is 0 Å². The van der Waals surface area contributed by atoms with E-state index < -0.39 is 0 Å². The summed E-state index contributed by atoms with van der Waals surface area (Å²) in [5, 5.41) is 5.68. The van der Waals surface area contributed by atoms with Gasteiger partial charge in [0.25, 0.3) is 0 Å². The molecule has 0 aliphatic rings. The smallest absolute Gasteiger partial charge is 0.228 e. The first-order valence-electron chi connectivity index (χ1n) is 6.40. The van der Waals surface area contributed by atoms with Gasteiger partial charge < -0.3 is 14.6 Å². The number of anilines is 1. The van der Waals surface area contributed by atoms with Crippen LogP contribution in [-0.4, -0.2) is 37.1 Å². The maximum atomic E-state index is 5.43. The average Bonchev–Trinajstić information content (AvgIpc) is 2.85. The fourth-order valence-electron chi connectivity index (χ4n) is 2.21. The van der Waals surface area contributed by atoms with Crippen molar-refractivity contribution in [2.75, 3.05) is 32.5 Å². The number of hydrogen-bond donors (Lipinski definition) is 1. The molecule has 0 saturated heterocycles. The molecule has 2 aromatic heterocycles. The maximum Gasteiger partial charge on any atom is 0.228 e. The van der Waals surface area contributed by atoms with Crippen LogP contribution in [0.2, 0.25) is 0 Å². The Labute approximate surface area is 112 Å². The number of aromatic nitrogens is 1. The largest absolute Gasteiger partial charge is 0.446 e. The zero-order valence-corrected chi connectivity index (χ0v) is 11.2. The lowest BCUT2D eigenvalue weighted by molar-refractivity contribution is 0.425. The van der Waals surface area contributed by atoms with E-state index in [0.29, 0.717) is 5.71 Å². The fourth-order valence-corrected chi connectivity index (χ4v) is 2.21. The summed E-state index contributed by atoms with van der Waals surface area (Å²) < 4.78 is 5.43. The minimum absolute atomic E-state index is 0.686. The lowest BCUT2D eigenvalue weighted by Crippen LogP contribution is -2.20. The molecule has 2 heterocycles. The summed E-state index contributed by atoms with van der Waals surface area (Å²) in [4.78, 5) is 6.68. The first kappa shape index (κ1) is 12.0. The number of hydrogen-bond acceptors (Lipinski definition) is 4. The molecule has 0 aliphatic heterocycles. The Morgan fingerprint density at radius 1 is 1.16 bits per heavy atom. The summed E-state index contributed by atoms with van der Waals surface area (Å²) in [7, 11) is 4.14. The molecule has 0 radical (unpaired) electrons. The van der Waals surface area contributed by atoms with Crippen molar-refractivity contribution in [1.29, 1.82) is 0 Å². The van der Waals surface area contributed by atoms with Gasteiger partial charge >= 0.3 is 0 Å². The highest BCUT2D eigenvalue weighted by atomic mass is 16.3. The van der Waals surface area contributed by atoms with Gasteiger partial charge in [-0.2, -0.15) is 0 Å². The maximum absolute atomic E-state index is 5.43. The van der Waals surface area contributed by atoms with Crippen molar-refractivity contribution in [2.45, 2.75) is 0 Å². The van der Waals surface area contributed by atoms with E-state index in [1.54, 1.807) is 6.26 Å². The highest BCUT2D eigenvalue weighted by Gasteiger charge is 2.10. The van der Waals surface area contributed by atoms with Crippen LogP contribution in [0.5, 0.6) is 0 Å². The van der Waals surface area contributed by atoms with Gasteiger partial charge in [-0.15, -0.1) is 0 Å². The molecule has 0 bridgehead atoms. The second-order valence-corrected chi connectivity index (χ2v) is 4.87. The summed E-state index contributed by atoms with van der Waals surface area (Å²) in [6.07, 6.45) is 1.69. The van der Waals surface area contributed by atoms with E-state index in [4.69, 9.17) is 4.42 Å². The fraction of sp³-hybridized carbons (Fsp3) is 0.267. The van der Waals surface area contributed by atoms with Crippen molar-refractivity contribution in [1.82, 2.24) is 9.88 Å². The van der Waals surface area contributed by atoms with Gasteiger partial charge in [0.15, 0.2) is 0 Å². The molecule has 0 atom stereocenters. The Hall–Kier alpha value is -2.07. The normalized spacial score (nSPS) is 11.5. The first-order chi connectivity index (χ1) is 9.25. The third kappa shape index (κ3) is 2.27. The summed E-state index contributed by atoms with van der Waals surface area (Å²) in [5.41, 5.74) is 2.75. The molecular weight excluding hydrogens is 238 g/mol. The van der Waals surface area contributed by atoms with Crippen LogP contribution in [0.4, 0.5) is 5.69 Å². The van der Waals surface area contributed by atoms with Gasteiger partial charge in [0.1, 0.15) is 0 Å². The molecule has 4 nitrogen and oxygen atoms in total. The van der Waals surface area contributed by atoms with Crippen LogP contribution in [0.1, 0.15) is 0 Å². The number of likely N-dealkylation sites (N-methyl/N-ethyl adjacent to an activating group) is 1. The summed E-state index contributed by atoms with van der Waals surface area (Å²) in [6.45, 7) is 1.87. The van der Waals surface area contributed by atoms with E-state index in [1.165, 1.54) is 0 Å². The van der Waals surface area contributed by atoms with Crippen molar-refractivity contribution >= 4 is 27.7 Å². The van der Waals surface area contributed by atoms with Gasteiger partial charge in [-0.25, -0.2) is 4.98 Å². The van der Waals surface area contributed by atoms with Crippen LogP contribution in [0, 0.1) is 0 Å². The van der Waals surface area contributed by atoms with Gasteiger partial charge in [0.2, 0.25) is 5.71 Å². The molecule has 1 aromatic carbocycles. The zero-order valence-electron chi connectivity index (χ0n) is 11.2. The van der Waals surface area contributed by atoms with E-state index in [-0.39, 0.29) is 0 Å². The Balaban J connectivity index is 2.08. The molecule has 3 aromatic rings. The van der Waals surface area contributed by atoms with E-state index in [0.717, 1.165) is 35.1 Å². The van der Waals surface area contributed by atoms with Crippen molar-refractivity contribution in [3.8, 4) is 0 Å². The van der Waals surface area contributed by atoms with E-state index in [9.17, 15) is 0 Å². The van der Waals surface area contributed by atoms with Crippen LogP contribution in [0.15, 0.2) is 41.0 Å². The summed E-state index contributed by atoms with van der Waals surface area (Å²) in [6, 6.07) is 10.1. The van der Waals surface area contributed by atoms with Gasteiger partial charge in [-0.3, -0.25) is 0 Å². The molecule has 0 spiro atoms. The van der Waals surface area contributed by atoms with Crippen molar-refractivity contribution in [3.63, 3.8) is 0 Å². The molecule has 0 fully saturated rings. The van der Waals surface area contributed by atoms with Crippen LogP contribution in [0.3, 0.4) is 0 Å². The van der Waals surface area contributed by atoms with Gasteiger partial charge in [0.05, 0.1) is 22.9 Å². The summed E-state index contributed by atoms with van der Waals surface area (Å²) in [5.74, 6) is 0. The van der Waals surface area contributed by atoms with Gasteiger partial charge in [0, 0.05) is 18.5 Å². The van der Waals surface area contributed by atoms with Crippen LogP contribution < -0.4 is 5.32 Å². The lowest BCUT2D eigenvalue weighted by Gasteiger charge is -2.13. The quantitative estimate of drug-likeness (QED) is 0.778. The van der Waals surface area contributed by atoms with Crippen LogP contribution >= 0.6 is 0 Å². The zero-order chi connectivity index (χ0) is 13.2. The molecule has 0 amide bonds. The molecule has 0 unspecified atom stereocenters. The molecule has 19 heavy (non-hydrogen) atoms.